The van der Waals surface area contributed by atoms with Crippen LogP contribution < -0.4 is 10.1 Å². The second-order valence-electron chi connectivity index (χ2n) is 4.14. The van der Waals surface area contributed by atoms with E-state index >= 15 is 0 Å². The standard InChI is InChI=1S/C14H14Br2N2O/c1-9-5-14(10(7-17-2)8-18-9)19-13-4-3-11(15)6-12(13)16/h3-6,8,17H,7H2,1-2H3. The van der Waals surface area contributed by atoms with Crippen LogP contribution in [0.1, 0.15) is 11.3 Å². The average molecular weight is 386 g/mol. The molecule has 0 saturated heterocycles. The summed E-state index contributed by atoms with van der Waals surface area (Å²) in [6, 6.07) is 7.78. The Bertz CT molecular complexity index is 588. The zero-order valence-corrected chi connectivity index (χ0v) is 13.9. The molecule has 5 heteroatoms. The SMILES string of the molecule is CNCc1cnc(C)cc1Oc1ccc(Br)cc1Br. The summed E-state index contributed by atoms with van der Waals surface area (Å²) < 4.78 is 7.90. The van der Waals surface area contributed by atoms with Crippen LogP contribution >= 0.6 is 31.9 Å². The summed E-state index contributed by atoms with van der Waals surface area (Å²) in [6.07, 6.45) is 1.84. The van der Waals surface area contributed by atoms with Gasteiger partial charge in [0.1, 0.15) is 11.5 Å². The fourth-order valence-electron chi connectivity index (χ4n) is 1.66. The van der Waals surface area contributed by atoms with Crippen molar-refractivity contribution in [3.63, 3.8) is 0 Å². The van der Waals surface area contributed by atoms with E-state index in [1.807, 2.05) is 44.4 Å². The van der Waals surface area contributed by atoms with Crippen LogP contribution in [-0.2, 0) is 6.54 Å². The molecule has 0 atom stereocenters. The topological polar surface area (TPSA) is 34.2 Å². The zero-order chi connectivity index (χ0) is 13.8. The number of nitrogens with one attached hydrogen (secondary N) is 1. The van der Waals surface area contributed by atoms with Crippen molar-refractivity contribution in [1.82, 2.24) is 10.3 Å². The molecule has 2 rings (SSSR count). The van der Waals surface area contributed by atoms with Gasteiger partial charge in [0, 0.05) is 34.5 Å². The molecule has 0 aliphatic heterocycles. The van der Waals surface area contributed by atoms with Crippen molar-refractivity contribution in [3.8, 4) is 11.5 Å². The van der Waals surface area contributed by atoms with Crippen molar-refractivity contribution in [2.24, 2.45) is 0 Å². The fraction of sp³-hybridized carbons (Fsp3) is 0.214. The number of hydrogen-bond acceptors (Lipinski definition) is 3. The van der Waals surface area contributed by atoms with Gasteiger partial charge in [-0.05, 0) is 48.1 Å². The van der Waals surface area contributed by atoms with E-state index in [-0.39, 0.29) is 0 Å². The summed E-state index contributed by atoms with van der Waals surface area (Å²) in [6.45, 7) is 2.67. The van der Waals surface area contributed by atoms with Gasteiger partial charge in [-0.1, -0.05) is 15.9 Å². The van der Waals surface area contributed by atoms with Crippen LogP contribution in [0.4, 0.5) is 0 Å². The minimum Gasteiger partial charge on any atom is -0.456 e. The Morgan fingerprint density at radius 2 is 2.00 bits per heavy atom. The molecule has 2 aromatic rings. The molecule has 0 radical (unpaired) electrons. The highest BCUT2D eigenvalue weighted by Gasteiger charge is 2.08. The molecule has 0 unspecified atom stereocenters. The normalized spacial score (nSPS) is 10.5. The Balaban J connectivity index is 2.33. The zero-order valence-electron chi connectivity index (χ0n) is 10.7. The molecule has 1 aromatic carbocycles. The van der Waals surface area contributed by atoms with E-state index in [9.17, 15) is 0 Å². The molecule has 1 aromatic heterocycles. The lowest BCUT2D eigenvalue weighted by molar-refractivity contribution is 0.469. The first kappa shape index (κ1) is 14.5. The van der Waals surface area contributed by atoms with Gasteiger partial charge in [-0.3, -0.25) is 4.98 Å². The molecule has 1 heterocycles. The van der Waals surface area contributed by atoms with Gasteiger partial charge < -0.3 is 10.1 Å². The lowest BCUT2D eigenvalue weighted by Gasteiger charge is -2.12. The maximum absolute atomic E-state index is 5.98. The van der Waals surface area contributed by atoms with E-state index in [1.54, 1.807) is 0 Å². The molecular formula is C14H14Br2N2O. The van der Waals surface area contributed by atoms with Gasteiger partial charge in [-0.25, -0.2) is 0 Å². The van der Waals surface area contributed by atoms with Crippen LogP contribution in [0.15, 0.2) is 39.4 Å². The maximum atomic E-state index is 5.98. The van der Waals surface area contributed by atoms with Gasteiger partial charge in [-0.15, -0.1) is 0 Å². The van der Waals surface area contributed by atoms with E-state index in [1.165, 1.54) is 0 Å². The third kappa shape index (κ3) is 3.78. The minimum absolute atomic E-state index is 0.719. The Morgan fingerprint density at radius 3 is 2.68 bits per heavy atom. The molecule has 19 heavy (non-hydrogen) atoms. The van der Waals surface area contributed by atoms with Crippen LogP contribution in [-0.4, -0.2) is 12.0 Å². The summed E-state index contributed by atoms with van der Waals surface area (Å²) in [5.41, 5.74) is 1.96. The Morgan fingerprint density at radius 1 is 1.21 bits per heavy atom. The first-order valence-electron chi connectivity index (χ1n) is 5.83. The van der Waals surface area contributed by atoms with Crippen molar-refractivity contribution in [3.05, 3.63) is 50.7 Å². The Hall–Kier alpha value is -0.910. The van der Waals surface area contributed by atoms with Crippen LogP contribution in [0.25, 0.3) is 0 Å². The highest BCUT2D eigenvalue weighted by molar-refractivity contribution is 9.11. The van der Waals surface area contributed by atoms with Crippen molar-refractivity contribution >= 4 is 31.9 Å². The lowest BCUT2D eigenvalue weighted by atomic mass is 10.2. The molecule has 0 bridgehead atoms. The molecule has 1 N–H and O–H groups in total. The first-order chi connectivity index (χ1) is 9.10. The first-order valence-corrected chi connectivity index (χ1v) is 7.42. The van der Waals surface area contributed by atoms with Gasteiger partial charge >= 0.3 is 0 Å². The van der Waals surface area contributed by atoms with E-state index in [2.05, 4.69) is 42.2 Å². The largest absolute Gasteiger partial charge is 0.456 e. The smallest absolute Gasteiger partial charge is 0.141 e. The van der Waals surface area contributed by atoms with Crippen LogP contribution in [0, 0.1) is 6.92 Å². The molecule has 0 aliphatic carbocycles. The van der Waals surface area contributed by atoms with Gasteiger partial charge in [-0.2, -0.15) is 0 Å². The summed E-state index contributed by atoms with van der Waals surface area (Å²) >= 11 is 6.93. The number of aryl methyl sites for hydroxylation is 1. The Kier molecular flexibility index (Phi) is 4.96. The van der Waals surface area contributed by atoms with Gasteiger partial charge in [0.15, 0.2) is 0 Å². The quantitative estimate of drug-likeness (QED) is 0.845. The van der Waals surface area contributed by atoms with Crippen LogP contribution in [0.5, 0.6) is 11.5 Å². The molecular weight excluding hydrogens is 372 g/mol. The monoisotopic (exact) mass is 384 g/mol. The van der Waals surface area contributed by atoms with Gasteiger partial charge in [0.05, 0.1) is 4.47 Å². The third-order valence-electron chi connectivity index (χ3n) is 2.56. The molecule has 0 spiro atoms. The van der Waals surface area contributed by atoms with Crippen molar-refractivity contribution in [2.75, 3.05) is 7.05 Å². The fourth-order valence-corrected chi connectivity index (χ4v) is 2.79. The number of benzene rings is 1. The summed E-state index contributed by atoms with van der Waals surface area (Å²) in [5.74, 6) is 1.61. The van der Waals surface area contributed by atoms with Crippen LogP contribution in [0.3, 0.4) is 0 Å². The second-order valence-corrected chi connectivity index (χ2v) is 5.91. The van der Waals surface area contributed by atoms with Crippen molar-refractivity contribution in [2.45, 2.75) is 13.5 Å². The second kappa shape index (κ2) is 6.50. The number of hydrogen-bond donors (Lipinski definition) is 1. The van der Waals surface area contributed by atoms with E-state index in [0.29, 0.717) is 0 Å². The highest BCUT2D eigenvalue weighted by atomic mass is 79.9. The van der Waals surface area contributed by atoms with Gasteiger partial charge in [0.2, 0.25) is 0 Å². The maximum Gasteiger partial charge on any atom is 0.141 e. The minimum atomic E-state index is 0.719. The van der Waals surface area contributed by atoms with Crippen molar-refractivity contribution in [1.29, 1.82) is 0 Å². The Labute approximate surface area is 129 Å². The summed E-state index contributed by atoms with van der Waals surface area (Å²) in [5, 5.41) is 3.11. The summed E-state index contributed by atoms with van der Waals surface area (Å²) in [7, 11) is 1.90. The molecule has 0 fully saturated rings. The molecule has 0 saturated carbocycles. The molecule has 3 nitrogen and oxygen atoms in total. The number of aromatic nitrogens is 1. The highest BCUT2D eigenvalue weighted by Crippen LogP contribution is 2.33. The predicted octanol–water partition coefficient (Wildman–Crippen LogP) is 4.43. The molecule has 0 amide bonds. The van der Waals surface area contributed by atoms with Crippen LogP contribution in [0.2, 0.25) is 0 Å². The average Bonchev–Trinajstić information content (AvgIpc) is 2.36. The lowest BCUT2D eigenvalue weighted by Crippen LogP contribution is -2.07. The van der Waals surface area contributed by atoms with Gasteiger partial charge in [0.25, 0.3) is 0 Å². The predicted molar refractivity (Wildman–Crippen MR) is 83.7 cm³/mol. The molecule has 100 valence electrons. The number of halogens is 2. The third-order valence-corrected chi connectivity index (χ3v) is 3.67. The summed E-state index contributed by atoms with van der Waals surface area (Å²) in [4.78, 5) is 4.30. The van der Waals surface area contributed by atoms with E-state index in [4.69, 9.17) is 4.74 Å². The number of rotatable bonds is 4. The van der Waals surface area contributed by atoms with Crippen molar-refractivity contribution < 1.29 is 4.74 Å². The van der Waals surface area contributed by atoms with E-state index < -0.39 is 0 Å². The number of ether oxygens (including phenoxy) is 1. The number of nitrogens with zero attached hydrogens (tertiary/aromatic N) is 1. The van der Waals surface area contributed by atoms with E-state index in [0.717, 1.165) is 38.2 Å². The number of pyridine rings is 1. The molecule has 0 aliphatic rings.